The Hall–Kier alpha value is -0.900. The van der Waals surface area contributed by atoms with Gasteiger partial charge in [-0.3, -0.25) is 0 Å². The predicted molar refractivity (Wildman–Crippen MR) is 80.2 cm³/mol. The van der Waals surface area contributed by atoms with E-state index in [0.717, 1.165) is 18.4 Å². The maximum atomic E-state index is 5.95. The van der Waals surface area contributed by atoms with Crippen molar-refractivity contribution >= 4 is 23.2 Å². The molecule has 0 spiro atoms. The zero-order chi connectivity index (χ0) is 14.3. The summed E-state index contributed by atoms with van der Waals surface area (Å²) in [6.07, 6.45) is 1.74. The molecule has 1 atom stereocenters. The van der Waals surface area contributed by atoms with Crippen molar-refractivity contribution in [3.8, 4) is 11.5 Å². The van der Waals surface area contributed by atoms with E-state index in [1.165, 1.54) is 5.54 Å². The van der Waals surface area contributed by atoms with Gasteiger partial charge in [0.25, 0.3) is 0 Å². The van der Waals surface area contributed by atoms with Gasteiger partial charge in [0.05, 0.1) is 12.1 Å². The van der Waals surface area contributed by atoms with Gasteiger partial charge in [0.15, 0.2) is 11.5 Å². The number of ether oxygens (including phenoxy) is 2. The molecule has 0 bridgehead atoms. The van der Waals surface area contributed by atoms with E-state index in [9.17, 15) is 0 Å². The first-order valence-electron chi connectivity index (χ1n) is 6.10. The summed E-state index contributed by atoms with van der Waals surface area (Å²) in [5, 5.41) is 0.430. The smallest absolute Gasteiger partial charge is 0.161 e. The van der Waals surface area contributed by atoms with Gasteiger partial charge in [-0.25, -0.2) is 0 Å². The van der Waals surface area contributed by atoms with E-state index >= 15 is 0 Å². The second kappa shape index (κ2) is 8.31. The highest BCUT2D eigenvalue weighted by atomic mass is 35.5. The Kier molecular flexibility index (Phi) is 7.06. The summed E-state index contributed by atoms with van der Waals surface area (Å²) in [4.78, 5) is 0. The normalized spacial score (nSPS) is 13.2. The standard InChI is InChI=1S/C14H19Cl2NO2/c1-3-12(17)6-10-4-5-13(18-2)14(7-10)19-9-11(16)8-15/h4-5,7-8,12H,3,6,9,17H2,1-2H3. The lowest BCUT2D eigenvalue weighted by molar-refractivity contribution is 0.323. The van der Waals surface area contributed by atoms with E-state index in [1.54, 1.807) is 7.11 Å². The van der Waals surface area contributed by atoms with Crippen molar-refractivity contribution in [2.75, 3.05) is 13.7 Å². The molecule has 0 aromatic heterocycles. The molecule has 1 aromatic rings. The van der Waals surface area contributed by atoms with Crippen molar-refractivity contribution in [3.63, 3.8) is 0 Å². The molecule has 0 heterocycles. The minimum absolute atomic E-state index is 0.146. The van der Waals surface area contributed by atoms with E-state index in [1.807, 2.05) is 18.2 Å². The highest BCUT2D eigenvalue weighted by Gasteiger charge is 2.08. The van der Waals surface area contributed by atoms with Crippen LogP contribution in [0, 0.1) is 0 Å². The lowest BCUT2D eigenvalue weighted by Gasteiger charge is -2.14. The molecule has 5 heteroatoms. The van der Waals surface area contributed by atoms with Crippen molar-refractivity contribution in [3.05, 3.63) is 34.3 Å². The third kappa shape index (κ3) is 5.31. The Balaban J connectivity index is 2.83. The molecule has 0 fully saturated rings. The molecular weight excluding hydrogens is 285 g/mol. The molecule has 0 amide bonds. The molecule has 0 aliphatic heterocycles. The third-order valence-electron chi connectivity index (χ3n) is 2.73. The van der Waals surface area contributed by atoms with Gasteiger partial charge in [-0.1, -0.05) is 36.2 Å². The molecular formula is C14H19Cl2NO2. The average Bonchev–Trinajstić information content (AvgIpc) is 2.44. The van der Waals surface area contributed by atoms with Crippen LogP contribution >= 0.6 is 23.2 Å². The Bertz CT molecular complexity index is 435. The van der Waals surface area contributed by atoms with E-state index in [4.69, 9.17) is 38.4 Å². The molecule has 1 unspecified atom stereocenters. The number of hydrogen-bond donors (Lipinski definition) is 1. The largest absolute Gasteiger partial charge is 0.493 e. The van der Waals surface area contributed by atoms with Gasteiger partial charge in [0.2, 0.25) is 0 Å². The fraction of sp³-hybridized carbons (Fsp3) is 0.429. The Morgan fingerprint density at radius 3 is 2.74 bits per heavy atom. The predicted octanol–water partition coefficient (Wildman–Crippen LogP) is 3.67. The summed E-state index contributed by atoms with van der Waals surface area (Å²) in [6, 6.07) is 5.92. The SMILES string of the molecule is CCC(N)Cc1ccc(OC)c(OCC(Cl)=CCl)c1. The van der Waals surface area contributed by atoms with Gasteiger partial charge in [-0.2, -0.15) is 0 Å². The zero-order valence-corrected chi connectivity index (χ0v) is 12.7. The lowest BCUT2D eigenvalue weighted by Crippen LogP contribution is -2.21. The molecule has 1 rings (SSSR count). The quantitative estimate of drug-likeness (QED) is 0.836. The minimum atomic E-state index is 0.146. The molecule has 0 radical (unpaired) electrons. The molecule has 19 heavy (non-hydrogen) atoms. The van der Waals surface area contributed by atoms with Crippen molar-refractivity contribution in [1.82, 2.24) is 0 Å². The highest BCUT2D eigenvalue weighted by molar-refractivity contribution is 6.36. The van der Waals surface area contributed by atoms with Crippen molar-refractivity contribution in [2.24, 2.45) is 5.73 Å². The van der Waals surface area contributed by atoms with Crippen molar-refractivity contribution in [1.29, 1.82) is 0 Å². The average molecular weight is 304 g/mol. The minimum Gasteiger partial charge on any atom is -0.493 e. The molecule has 0 saturated heterocycles. The van der Waals surface area contributed by atoms with Crippen molar-refractivity contribution < 1.29 is 9.47 Å². The number of hydrogen-bond acceptors (Lipinski definition) is 3. The first kappa shape index (κ1) is 16.2. The van der Waals surface area contributed by atoms with E-state index in [2.05, 4.69) is 6.92 Å². The van der Waals surface area contributed by atoms with Crippen LogP contribution < -0.4 is 15.2 Å². The molecule has 2 N–H and O–H groups in total. The summed E-state index contributed by atoms with van der Waals surface area (Å²) in [6.45, 7) is 2.28. The van der Waals surface area contributed by atoms with E-state index in [0.29, 0.717) is 16.5 Å². The van der Waals surface area contributed by atoms with Crippen LogP contribution in [0.1, 0.15) is 18.9 Å². The second-order valence-electron chi connectivity index (χ2n) is 4.20. The summed E-state index contributed by atoms with van der Waals surface area (Å²) in [5.41, 5.74) is 8.34. The third-order valence-corrected chi connectivity index (χ3v) is 3.33. The van der Waals surface area contributed by atoms with Gasteiger partial charge in [0, 0.05) is 11.6 Å². The summed E-state index contributed by atoms with van der Waals surface area (Å²) in [5.74, 6) is 1.30. The zero-order valence-electron chi connectivity index (χ0n) is 11.2. The van der Waals surface area contributed by atoms with Crippen LogP contribution in [0.25, 0.3) is 0 Å². The van der Waals surface area contributed by atoms with Crippen LogP contribution in [0.4, 0.5) is 0 Å². The summed E-state index contributed by atoms with van der Waals surface area (Å²) >= 11 is 11.3. The van der Waals surface area contributed by atoms with Crippen LogP contribution in [0.5, 0.6) is 11.5 Å². The maximum absolute atomic E-state index is 5.95. The molecule has 3 nitrogen and oxygen atoms in total. The summed E-state index contributed by atoms with van der Waals surface area (Å²) < 4.78 is 10.8. The van der Waals surface area contributed by atoms with E-state index in [-0.39, 0.29) is 12.6 Å². The van der Waals surface area contributed by atoms with Crippen LogP contribution in [0.15, 0.2) is 28.8 Å². The van der Waals surface area contributed by atoms with Gasteiger partial charge in [-0.15, -0.1) is 0 Å². The molecule has 0 saturated carbocycles. The second-order valence-corrected chi connectivity index (χ2v) is 4.91. The van der Waals surface area contributed by atoms with E-state index < -0.39 is 0 Å². The summed E-state index contributed by atoms with van der Waals surface area (Å²) in [7, 11) is 1.60. The topological polar surface area (TPSA) is 44.5 Å². The number of rotatable bonds is 7. The van der Waals surface area contributed by atoms with Crippen LogP contribution in [0.2, 0.25) is 0 Å². The van der Waals surface area contributed by atoms with Crippen LogP contribution in [0.3, 0.4) is 0 Å². The lowest BCUT2D eigenvalue weighted by atomic mass is 10.0. The number of halogens is 2. The molecule has 1 aromatic carbocycles. The molecule has 0 aliphatic rings. The van der Waals surface area contributed by atoms with Gasteiger partial charge < -0.3 is 15.2 Å². The van der Waals surface area contributed by atoms with Gasteiger partial charge in [-0.05, 0) is 30.5 Å². The van der Waals surface area contributed by atoms with Gasteiger partial charge in [0.1, 0.15) is 6.61 Å². The van der Waals surface area contributed by atoms with Crippen LogP contribution in [-0.2, 0) is 6.42 Å². The van der Waals surface area contributed by atoms with Crippen molar-refractivity contribution in [2.45, 2.75) is 25.8 Å². The fourth-order valence-electron chi connectivity index (χ4n) is 1.59. The number of nitrogens with two attached hydrogens (primary N) is 1. The number of methoxy groups -OCH3 is 1. The molecule has 106 valence electrons. The Morgan fingerprint density at radius 1 is 1.42 bits per heavy atom. The number of benzene rings is 1. The fourth-order valence-corrected chi connectivity index (χ4v) is 1.70. The van der Waals surface area contributed by atoms with Crippen LogP contribution in [-0.4, -0.2) is 19.8 Å². The molecule has 0 aliphatic carbocycles. The van der Waals surface area contributed by atoms with Gasteiger partial charge >= 0.3 is 0 Å². The highest BCUT2D eigenvalue weighted by Crippen LogP contribution is 2.29. The Labute approximate surface area is 124 Å². The first-order chi connectivity index (χ1) is 9.10. The first-order valence-corrected chi connectivity index (χ1v) is 6.92. The Morgan fingerprint density at radius 2 is 2.16 bits per heavy atom. The monoisotopic (exact) mass is 303 g/mol. The maximum Gasteiger partial charge on any atom is 0.161 e.